The van der Waals surface area contributed by atoms with E-state index in [9.17, 15) is 0 Å². The molecule has 0 amide bonds. The molecule has 0 radical (unpaired) electrons. The van der Waals surface area contributed by atoms with Crippen molar-refractivity contribution in [2.75, 3.05) is 13.2 Å². The smallest absolute Gasteiger partial charge is 0.0588 e. The molecule has 1 fully saturated rings. The molecule has 2 atom stereocenters. The van der Waals surface area contributed by atoms with E-state index in [-0.39, 0.29) is 0 Å². The summed E-state index contributed by atoms with van der Waals surface area (Å²) in [5.41, 5.74) is 0. The fourth-order valence-corrected chi connectivity index (χ4v) is 1.94. The van der Waals surface area contributed by atoms with E-state index >= 15 is 0 Å². The minimum atomic E-state index is 0.460. The molecule has 2 heteroatoms. The normalized spacial score (nSPS) is 28.6. The lowest BCUT2D eigenvalue weighted by atomic mass is 10.0. The van der Waals surface area contributed by atoms with Gasteiger partial charge in [0.25, 0.3) is 0 Å². The van der Waals surface area contributed by atoms with Gasteiger partial charge < -0.3 is 10.1 Å². The molecular weight excluding hydrogens is 162 g/mol. The third-order valence-electron chi connectivity index (χ3n) is 3.19. The van der Waals surface area contributed by atoms with Crippen LogP contribution in [0, 0.1) is 5.92 Å². The molecule has 78 valence electrons. The topological polar surface area (TPSA) is 21.3 Å². The Morgan fingerprint density at radius 1 is 1.38 bits per heavy atom. The molecule has 1 heterocycles. The van der Waals surface area contributed by atoms with Crippen LogP contribution < -0.4 is 5.32 Å². The minimum absolute atomic E-state index is 0.460. The van der Waals surface area contributed by atoms with Gasteiger partial charge in [-0.15, -0.1) is 0 Å². The summed E-state index contributed by atoms with van der Waals surface area (Å²) in [6.07, 6.45) is 4.16. The molecule has 0 bridgehead atoms. The maximum absolute atomic E-state index is 5.52. The van der Waals surface area contributed by atoms with Crippen LogP contribution in [0.1, 0.15) is 40.0 Å². The lowest BCUT2D eigenvalue weighted by Crippen LogP contribution is -2.34. The molecule has 2 unspecified atom stereocenters. The highest BCUT2D eigenvalue weighted by molar-refractivity contribution is 4.76. The Bertz CT molecular complexity index is 134. The van der Waals surface area contributed by atoms with Crippen molar-refractivity contribution in [2.45, 2.75) is 52.2 Å². The van der Waals surface area contributed by atoms with E-state index in [1.165, 1.54) is 19.3 Å². The average Bonchev–Trinajstić information content (AvgIpc) is 2.54. The van der Waals surface area contributed by atoms with Crippen molar-refractivity contribution in [3.05, 3.63) is 0 Å². The summed E-state index contributed by atoms with van der Waals surface area (Å²) in [6.45, 7) is 8.77. The van der Waals surface area contributed by atoms with Crippen LogP contribution in [0.2, 0.25) is 0 Å². The van der Waals surface area contributed by atoms with Gasteiger partial charge in [-0.2, -0.15) is 0 Å². The van der Waals surface area contributed by atoms with Gasteiger partial charge in [0, 0.05) is 19.2 Å². The van der Waals surface area contributed by atoms with Crippen LogP contribution in [0.4, 0.5) is 0 Å². The van der Waals surface area contributed by atoms with Gasteiger partial charge in [-0.05, 0) is 32.1 Å². The highest BCUT2D eigenvalue weighted by atomic mass is 16.5. The van der Waals surface area contributed by atoms with Crippen LogP contribution in [0.3, 0.4) is 0 Å². The fourth-order valence-electron chi connectivity index (χ4n) is 1.94. The zero-order chi connectivity index (χ0) is 9.68. The fraction of sp³-hybridized carbons (Fsp3) is 1.00. The molecular formula is C11H23NO. The van der Waals surface area contributed by atoms with E-state index in [4.69, 9.17) is 4.74 Å². The molecule has 1 aliphatic rings. The van der Waals surface area contributed by atoms with E-state index in [1.54, 1.807) is 0 Å². The Labute approximate surface area is 82.0 Å². The second kappa shape index (κ2) is 5.61. The molecule has 1 aliphatic heterocycles. The van der Waals surface area contributed by atoms with Gasteiger partial charge in [0.2, 0.25) is 0 Å². The van der Waals surface area contributed by atoms with Gasteiger partial charge in [-0.3, -0.25) is 0 Å². The summed E-state index contributed by atoms with van der Waals surface area (Å²) < 4.78 is 5.52. The molecule has 1 saturated heterocycles. The first-order valence-electron chi connectivity index (χ1n) is 5.62. The molecule has 0 spiro atoms. The van der Waals surface area contributed by atoms with Crippen molar-refractivity contribution in [1.29, 1.82) is 0 Å². The van der Waals surface area contributed by atoms with Crippen molar-refractivity contribution < 1.29 is 4.74 Å². The van der Waals surface area contributed by atoms with Crippen molar-refractivity contribution in [3.8, 4) is 0 Å². The third kappa shape index (κ3) is 3.28. The number of rotatable bonds is 5. The molecule has 13 heavy (non-hydrogen) atoms. The van der Waals surface area contributed by atoms with E-state index in [0.717, 1.165) is 19.1 Å². The monoisotopic (exact) mass is 185 g/mol. The first-order chi connectivity index (χ1) is 6.27. The highest BCUT2D eigenvalue weighted by Gasteiger charge is 2.24. The quantitative estimate of drug-likeness (QED) is 0.709. The van der Waals surface area contributed by atoms with Crippen LogP contribution in [0.5, 0.6) is 0 Å². The summed E-state index contributed by atoms with van der Waals surface area (Å²) in [7, 11) is 0. The third-order valence-corrected chi connectivity index (χ3v) is 3.19. The van der Waals surface area contributed by atoms with E-state index < -0.39 is 0 Å². The molecule has 1 rings (SSSR count). The average molecular weight is 185 g/mol. The van der Waals surface area contributed by atoms with Gasteiger partial charge in [0.15, 0.2) is 0 Å². The van der Waals surface area contributed by atoms with Crippen LogP contribution in [-0.4, -0.2) is 25.3 Å². The van der Waals surface area contributed by atoms with Gasteiger partial charge >= 0.3 is 0 Å². The van der Waals surface area contributed by atoms with E-state index in [1.807, 2.05) is 0 Å². The summed E-state index contributed by atoms with van der Waals surface area (Å²) >= 11 is 0. The summed E-state index contributed by atoms with van der Waals surface area (Å²) in [4.78, 5) is 0. The van der Waals surface area contributed by atoms with Crippen LogP contribution in [0.25, 0.3) is 0 Å². The molecule has 0 aliphatic carbocycles. The largest absolute Gasteiger partial charge is 0.378 e. The zero-order valence-corrected chi connectivity index (χ0v) is 9.18. The maximum atomic E-state index is 5.52. The number of hydrogen-bond acceptors (Lipinski definition) is 2. The Morgan fingerprint density at radius 2 is 2.08 bits per heavy atom. The first-order valence-corrected chi connectivity index (χ1v) is 5.62. The van der Waals surface area contributed by atoms with E-state index in [2.05, 4.69) is 26.1 Å². The summed E-state index contributed by atoms with van der Waals surface area (Å²) in [6, 6.07) is 0.702. The van der Waals surface area contributed by atoms with Crippen LogP contribution >= 0.6 is 0 Å². The Morgan fingerprint density at radius 3 is 2.54 bits per heavy atom. The second-order valence-electron chi connectivity index (χ2n) is 4.05. The Balaban J connectivity index is 2.17. The molecule has 0 aromatic carbocycles. The maximum Gasteiger partial charge on any atom is 0.0588 e. The second-order valence-corrected chi connectivity index (χ2v) is 4.05. The first kappa shape index (κ1) is 11.0. The standard InChI is InChI=1S/C11H23NO/c1-4-11(5-2)12-8-10-6-7-13-9(10)3/h9-12H,4-8H2,1-3H3. The minimum Gasteiger partial charge on any atom is -0.378 e. The van der Waals surface area contributed by atoms with Crippen molar-refractivity contribution in [2.24, 2.45) is 5.92 Å². The van der Waals surface area contributed by atoms with Gasteiger partial charge in [0.1, 0.15) is 0 Å². The van der Waals surface area contributed by atoms with Gasteiger partial charge in [0.05, 0.1) is 6.10 Å². The van der Waals surface area contributed by atoms with Crippen LogP contribution in [0.15, 0.2) is 0 Å². The van der Waals surface area contributed by atoms with Gasteiger partial charge in [-0.25, -0.2) is 0 Å². The number of nitrogens with one attached hydrogen (secondary N) is 1. The summed E-state index contributed by atoms with van der Waals surface area (Å²) in [5.74, 6) is 0.737. The SMILES string of the molecule is CCC(CC)NCC1CCOC1C. The summed E-state index contributed by atoms with van der Waals surface area (Å²) in [5, 5.41) is 3.61. The molecule has 2 nitrogen and oxygen atoms in total. The number of ether oxygens (including phenoxy) is 1. The van der Waals surface area contributed by atoms with Crippen LogP contribution in [-0.2, 0) is 4.74 Å². The van der Waals surface area contributed by atoms with Gasteiger partial charge in [-0.1, -0.05) is 13.8 Å². The molecule has 0 aromatic rings. The highest BCUT2D eigenvalue weighted by Crippen LogP contribution is 2.19. The molecule has 1 N–H and O–H groups in total. The van der Waals surface area contributed by atoms with E-state index in [0.29, 0.717) is 12.1 Å². The predicted molar refractivity (Wildman–Crippen MR) is 55.9 cm³/mol. The molecule has 0 aromatic heterocycles. The Hall–Kier alpha value is -0.0800. The van der Waals surface area contributed by atoms with Crippen molar-refractivity contribution in [1.82, 2.24) is 5.32 Å². The van der Waals surface area contributed by atoms with Crippen molar-refractivity contribution in [3.63, 3.8) is 0 Å². The number of hydrogen-bond donors (Lipinski definition) is 1. The molecule has 0 saturated carbocycles. The van der Waals surface area contributed by atoms with Crippen molar-refractivity contribution >= 4 is 0 Å². The zero-order valence-electron chi connectivity index (χ0n) is 9.18. The lowest BCUT2D eigenvalue weighted by Gasteiger charge is -2.19. The predicted octanol–water partition coefficient (Wildman–Crippen LogP) is 2.19. The lowest BCUT2D eigenvalue weighted by molar-refractivity contribution is 0.105. The Kier molecular flexibility index (Phi) is 4.74.